The van der Waals surface area contributed by atoms with E-state index in [-0.39, 0.29) is 43.4 Å². The third-order valence-electron chi connectivity index (χ3n) is 6.69. The molecule has 0 saturated carbocycles. The van der Waals surface area contributed by atoms with Gasteiger partial charge in [0.05, 0.1) is 11.9 Å². The van der Waals surface area contributed by atoms with E-state index in [2.05, 4.69) is 21.2 Å². The lowest BCUT2D eigenvalue weighted by atomic mass is 10.0. The molecule has 0 aliphatic heterocycles. The van der Waals surface area contributed by atoms with Gasteiger partial charge in [-0.25, -0.2) is 17.2 Å². The predicted octanol–water partition coefficient (Wildman–Crippen LogP) is 5.83. The van der Waals surface area contributed by atoms with Gasteiger partial charge >= 0.3 is 0 Å². The van der Waals surface area contributed by atoms with Crippen molar-refractivity contribution in [3.63, 3.8) is 0 Å². The van der Waals surface area contributed by atoms with Gasteiger partial charge in [0.15, 0.2) is 11.6 Å². The van der Waals surface area contributed by atoms with E-state index >= 15 is 0 Å². The molecule has 3 aromatic carbocycles. The van der Waals surface area contributed by atoms with Crippen LogP contribution in [0.15, 0.2) is 77.3 Å². The van der Waals surface area contributed by atoms with Crippen molar-refractivity contribution in [2.45, 2.75) is 51.6 Å². The number of sulfonamides is 1. The lowest BCUT2D eigenvalue weighted by molar-refractivity contribution is -0.141. The normalized spacial score (nSPS) is 12.0. The summed E-state index contributed by atoms with van der Waals surface area (Å²) in [6.07, 6.45) is 2.98. The fourth-order valence-electron chi connectivity index (χ4n) is 4.54. The monoisotopic (exact) mass is 663 g/mol. The van der Waals surface area contributed by atoms with E-state index in [9.17, 15) is 26.8 Å². The highest BCUT2D eigenvalue weighted by atomic mass is 79.9. The summed E-state index contributed by atoms with van der Waals surface area (Å²) >= 11 is 3.46. The average Bonchev–Trinajstić information content (AvgIpc) is 2.94. The number of rotatable bonds is 15. The predicted molar refractivity (Wildman–Crippen MR) is 164 cm³/mol. The first kappa shape index (κ1) is 33.2. The molecule has 0 aliphatic carbocycles. The van der Waals surface area contributed by atoms with E-state index < -0.39 is 27.7 Å². The molecule has 3 aromatic rings. The highest BCUT2D eigenvalue weighted by Crippen LogP contribution is 2.23. The minimum absolute atomic E-state index is 0.0351. The molecule has 0 bridgehead atoms. The quantitative estimate of drug-likeness (QED) is 0.207. The first-order chi connectivity index (χ1) is 20.0. The SMILES string of the molecule is CCCCNC(=O)[C@@H](Cc1ccccc1)N(Cc1cccc(Br)c1)C(=O)CCCN(c1ccc(F)c(F)c1)S(C)(=O)=O. The first-order valence-electron chi connectivity index (χ1n) is 13.8. The number of anilines is 1. The van der Waals surface area contributed by atoms with Crippen molar-refractivity contribution in [1.29, 1.82) is 0 Å². The van der Waals surface area contributed by atoms with E-state index in [1.807, 2.05) is 61.5 Å². The molecule has 0 spiro atoms. The molecular weight excluding hydrogens is 628 g/mol. The van der Waals surface area contributed by atoms with Gasteiger partial charge in [-0.3, -0.25) is 13.9 Å². The number of carbonyl (C=O) groups is 2. The summed E-state index contributed by atoms with van der Waals surface area (Å²) in [5, 5.41) is 2.97. The van der Waals surface area contributed by atoms with Gasteiger partial charge in [0.25, 0.3) is 0 Å². The number of halogens is 3. The Labute approximate surface area is 255 Å². The van der Waals surface area contributed by atoms with E-state index in [4.69, 9.17) is 0 Å². The molecule has 0 aromatic heterocycles. The van der Waals surface area contributed by atoms with Gasteiger partial charge in [0, 0.05) is 43.0 Å². The Morgan fingerprint density at radius 1 is 0.929 bits per heavy atom. The van der Waals surface area contributed by atoms with Crippen LogP contribution in [-0.4, -0.2) is 50.5 Å². The Hall–Kier alpha value is -3.31. The van der Waals surface area contributed by atoms with Crippen LogP contribution < -0.4 is 9.62 Å². The van der Waals surface area contributed by atoms with Gasteiger partial charge in [-0.1, -0.05) is 71.7 Å². The van der Waals surface area contributed by atoms with E-state index in [0.717, 1.165) is 51.1 Å². The number of carbonyl (C=O) groups excluding carboxylic acids is 2. The zero-order valence-electron chi connectivity index (χ0n) is 23.7. The van der Waals surface area contributed by atoms with E-state index in [0.29, 0.717) is 13.0 Å². The van der Waals surface area contributed by atoms with Gasteiger partial charge in [-0.05, 0) is 48.2 Å². The van der Waals surface area contributed by atoms with Crippen LogP contribution in [0.5, 0.6) is 0 Å². The Bertz CT molecular complexity index is 1460. The second-order valence-electron chi connectivity index (χ2n) is 10.0. The van der Waals surface area contributed by atoms with Crippen LogP contribution in [0.3, 0.4) is 0 Å². The fourth-order valence-corrected chi connectivity index (χ4v) is 5.94. The zero-order valence-corrected chi connectivity index (χ0v) is 26.1. The molecule has 0 aliphatic rings. The smallest absolute Gasteiger partial charge is 0.243 e. The zero-order chi connectivity index (χ0) is 30.7. The lowest BCUT2D eigenvalue weighted by Gasteiger charge is -2.32. The Kier molecular flexibility index (Phi) is 12.5. The van der Waals surface area contributed by atoms with Crippen molar-refractivity contribution in [2.75, 3.05) is 23.7 Å². The molecule has 3 rings (SSSR count). The Morgan fingerprint density at radius 3 is 2.29 bits per heavy atom. The fraction of sp³-hybridized carbons (Fsp3) is 0.355. The van der Waals surface area contributed by atoms with Crippen LogP contribution in [0.25, 0.3) is 0 Å². The van der Waals surface area contributed by atoms with E-state index in [1.165, 1.54) is 6.07 Å². The first-order valence-corrected chi connectivity index (χ1v) is 16.4. The number of hydrogen-bond donors (Lipinski definition) is 1. The van der Waals surface area contributed by atoms with Gasteiger partial charge in [-0.2, -0.15) is 0 Å². The van der Waals surface area contributed by atoms with Gasteiger partial charge < -0.3 is 10.2 Å². The number of nitrogens with one attached hydrogen (secondary N) is 1. The van der Waals surface area contributed by atoms with Gasteiger partial charge in [0.2, 0.25) is 21.8 Å². The van der Waals surface area contributed by atoms with Crippen LogP contribution in [0.1, 0.15) is 43.7 Å². The van der Waals surface area contributed by atoms with Crippen LogP contribution in [0, 0.1) is 11.6 Å². The van der Waals surface area contributed by atoms with Crippen molar-refractivity contribution < 1.29 is 26.8 Å². The van der Waals surface area contributed by atoms with Crippen LogP contribution in [-0.2, 0) is 32.6 Å². The number of amides is 2. The summed E-state index contributed by atoms with van der Waals surface area (Å²) in [5.41, 5.74) is 1.67. The molecule has 0 unspecified atom stereocenters. The summed E-state index contributed by atoms with van der Waals surface area (Å²) in [5.74, 6) is -2.86. The highest BCUT2D eigenvalue weighted by Gasteiger charge is 2.30. The molecule has 11 heteroatoms. The molecule has 2 amide bonds. The molecule has 0 heterocycles. The van der Waals surface area contributed by atoms with Crippen LogP contribution in [0.2, 0.25) is 0 Å². The van der Waals surface area contributed by atoms with Crippen molar-refractivity contribution in [2.24, 2.45) is 0 Å². The maximum atomic E-state index is 13.9. The van der Waals surface area contributed by atoms with Crippen molar-refractivity contribution in [3.05, 3.63) is 100 Å². The third-order valence-corrected chi connectivity index (χ3v) is 8.37. The largest absolute Gasteiger partial charge is 0.354 e. The summed E-state index contributed by atoms with van der Waals surface area (Å²) in [7, 11) is -3.85. The van der Waals surface area contributed by atoms with Crippen LogP contribution >= 0.6 is 15.9 Å². The van der Waals surface area contributed by atoms with E-state index in [1.54, 1.807) is 4.90 Å². The molecule has 226 valence electrons. The molecule has 1 N–H and O–H groups in total. The Morgan fingerprint density at radius 2 is 1.64 bits per heavy atom. The second kappa shape index (κ2) is 15.8. The summed E-state index contributed by atoms with van der Waals surface area (Å²) < 4.78 is 54.1. The molecule has 7 nitrogen and oxygen atoms in total. The molecule has 0 saturated heterocycles. The van der Waals surface area contributed by atoms with Crippen LogP contribution in [0.4, 0.5) is 14.5 Å². The van der Waals surface area contributed by atoms with Crippen molar-refractivity contribution in [3.8, 4) is 0 Å². The van der Waals surface area contributed by atoms with Gasteiger partial charge in [0.1, 0.15) is 6.04 Å². The molecule has 42 heavy (non-hydrogen) atoms. The third kappa shape index (κ3) is 9.90. The summed E-state index contributed by atoms with van der Waals surface area (Å²) in [6.45, 7) is 2.54. The number of hydrogen-bond acceptors (Lipinski definition) is 4. The standard InChI is InChI=1S/C31H36BrF2N3O4S/c1-3-4-17-35-31(39)29(20-23-10-6-5-7-11-23)36(22-24-12-8-13-25(32)19-24)30(38)14-9-18-37(42(2,40)41)26-15-16-27(33)28(34)21-26/h5-8,10-13,15-16,19,21,29H,3-4,9,14,17-18,20,22H2,1-2H3,(H,35,39)/t29-/m1/s1. The van der Waals surface area contributed by atoms with Crippen molar-refractivity contribution >= 4 is 43.5 Å². The number of unbranched alkanes of at least 4 members (excludes halogenated alkanes) is 1. The van der Waals surface area contributed by atoms with Crippen molar-refractivity contribution in [1.82, 2.24) is 10.2 Å². The topological polar surface area (TPSA) is 86.8 Å². The summed E-state index contributed by atoms with van der Waals surface area (Å²) in [4.78, 5) is 28.9. The minimum atomic E-state index is -3.85. The highest BCUT2D eigenvalue weighted by molar-refractivity contribution is 9.10. The molecule has 0 fully saturated rings. The number of benzene rings is 3. The maximum Gasteiger partial charge on any atom is 0.243 e. The average molecular weight is 665 g/mol. The maximum absolute atomic E-state index is 13.9. The minimum Gasteiger partial charge on any atom is -0.354 e. The second-order valence-corrected chi connectivity index (χ2v) is 12.9. The summed E-state index contributed by atoms with van der Waals surface area (Å²) in [6, 6.07) is 18.9. The molecular formula is C31H36BrF2N3O4S. The molecule has 0 radical (unpaired) electrons. The molecule has 1 atom stereocenters. The lowest BCUT2D eigenvalue weighted by Crippen LogP contribution is -2.50. The van der Waals surface area contributed by atoms with Gasteiger partial charge in [-0.15, -0.1) is 0 Å². The number of nitrogens with zero attached hydrogens (tertiary/aromatic N) is 2. The Balaban J connectivity index is 1.88.